The molecule has 3 heterocycles. The van der Waals surface area contributed by atoms with Crippen molar-refractivity contribution in [2.24, 2.45) is 4.99 Å². The summed E-state index contributed by atoms with van der Waals surface area (Å²) < 4.78 is 7.35. The third-order valence-corrected chi connectivity index (χ3v) is 4.21. The Hall–Kier alpha value is -2.84. The fraction of sp³-hybridized carbons (Fsp3) is 0.579. The first-order valence-electron chi connectivity index (χ1n) is 9.67. The Kier molecular flexibility index (Phi) is 6.01. The molecule has 0 atom stereocenters. The standard InChI is InChI=1S/C19H29N7O2/c1-5-20-17(22-14-12-25(13-14)18(27)28-19(2,3)4)21-10-9-16-24-23-15-8-6-7-11-26(15)16/h6-8,11,14H,5,9-10,12-13H2,1-4H3,(H2,20,21,22). The van der Waals surface area contributed by atoms with Gasteiger partial charge in [0.1, 0.15) is 11.4 Å². The van der Waals surface area contributed by atoms with Gasteiger partial charge in [-0.05, 0) is 39.8 Å². The molecule has 2 aromatic heterocycles. The molecule has 2 aromatic rings. The quantitative estimate of drug-likeness (QED) is 0.595. The monoisotopic (exact) mass is 387 g/mol. The van der Waals surface area contributed by atoms with E-state index in [1.54, 1.807) is 4.90 Å². The van der Waals surface area contributed by atoms with Crippen molar-refractivity contribution >= 4 is 17.7 Å². The zero-order valence-electron chi connectivity index (χ0n) is 17.0. The summed E-state index contributed by atoms with van der Waals surface area (Å²) in [7, 11) is 0. The van der Waals surface area contributed by atoms with Crippen LogP contribution in [0, 0.1) is 0 Å². The second-order valence-electron chi connectivity index (χ2n) is 7.78. The summed E-state index contributed by atoms with van der Waals surface area (Å²) >= 11 is 0. The summed E-state index contributed by atoms with van der Waals surface area (Å²) in [4.78, 5) is 18.3. The molecule has 3 rings (SSSR count). The van der Waals surface area contributed by atoms with E-state index in [-0.39, 0.29) is 12.1 Å². The molecule has 1 fully saturated rings. The van der Waals surface area contributed by atoms with Crippen molar-refractivity contribution in [3.63, 3.8) is 0 Å². The number of guanidine groups is 1. The molecule has 0 unspecified atom stereocenters. The molecule has 28 heavy (non-hydrogen) atoms. The Labute approximate surface area is 165 Å². The van der Waals surface area contributed by atoms with Crippen molar-refractivity contribution in [1.82, 2.24) is 30.1 Å². The van der Waals surface area contributed by atoms with E-state index in [1.165, 1.54) is 0 Å². The normalized spacial score (nSPS) is 15.4. The van der Waals surface area contributed by atoms with Gasteiger partial charge in [0.2, 0.25) is 0 Å². The van der Waals surface area contributed by atoms with E-state index in [1.807, 2.05) is 56.5 Å². The fourth-order valence-corrected chi connectivity index (χ4v) is 2.89. The molecule has 0 bridgehead atoms. The first-order valence-corrected chi connectivity index (χ1v) is 9.67. The number of carbonyl (C=O) groups is 1. The first-order chi connectivity index (χ1) is 13.4. The summed E-state index contributed by atoms with van der Waals surface area (Å²) in [6.07, 6.45) is 2.37. The van der Waals surface area contributed by atoms with Crippen LogP contribution in [0.25, 0.3) is 5.65 Å². The lowest BCUT2D eigenvalue weighted by atomic mass is 10.1. The number of rotatable bonds is 5. The zero-order chi connectivity index (χ0) is 20.1. The Bertz CT molecular complexity index is 834. The van der Waals surface area contributed by atoms with Gasteiger partial charge >= 0.3 is 6.09 Å². The van der Waals surface area contributed by atoms with Crippen LogP contribution in [0.4, 0.5) is 4.79 Å². The van der Waals surface area contributed by atoms with Crippen molar-refractivity contribution in [2.45, 2.75) is 45.8 Å². The van der Waals surface area contributed by atoms with Crippen LogP contribution in [0.15, 0.2) is 29.4 Å². The molecule has 9 nitrogen and oxygen atoms in total. The van der Waals surface area contributed by atoms with Gasteiger partial charge in [-0.15, -0.1) is 10.2 Å². The third kappa shape index (κ3) is 5.11. The minimum Gasteiger partial charge on any atom is -0.444 e. The Morgan fingerprint density at radius 1 is 1.32 bits per heavy atom. The van der Waals surface area contributed by atoms with Gasteiger partial charge in [0.05, 0.1) is 6.04 Å². The maximum Gasteiger partial charge on any atom is 0.410 e. The summed E-state index contributed by atoms with van der Waals surface area (Å²) in [6.45, 7) is 10.2. The molecular formula is C19H29N7O2. The number of aliphatic imine (C=N–C) groups is 1. The molecule has 0 aromatic carbocycles. The lowest BCUT2D eigenvalue weighted by Gasteiger charge is -2.40. The van der Waals surface area contributed by atoms with Crippen LogP contribution in [0.1, 0.15) is 33.5 Å². The Balaban J connectivity index is 1.49. The number of ether oxygens (including phenoxy) is 1. The summed E-state index contributed by atoms with van der Waals surface area (Å²) in [5.41, 5.74) is 0.362. The number of aromatic nitrogens is 3. The zero-order valence-corrected chi connectivity index (χ0v) is 17.0. The molecule has 1 saturated heterocycles. The van der Waals surface area contributed by atoms with Crippen LogP contribution in [-0.2, 0) is 11.2 Å². The molecule has 152 valence electrons. The van der Waals surface area contributed by atoms with E-state index in [0.29, 0.717) is 26.1 Å². The van der Waals surface area contributed by atoms with E-state index < -0.39 is 5.60 Å². The van der Waals surface area contributed by atoms with Gasteiger partial charge in [0.25, 0.3) is 0 Å². The summed E-state index contributed by atoms with van der Waals surface area (Å²) in [5, 5.41) is 15.0. The van der Waals surface area contributed by atoms with Gasteiger partial charge in [-0.1, -0.05) is 6.07 Å². The van der Waals surface area contributed by atoms with Crippen LogP contribution in [0.3, 0.4) is 0 Å². The van der Waals surface area contributed by atoms with E-state index in [0.717, 1.165) is 24.0 Å². The molecule has 0 radical (unpaired) electrons. The maximum absolute atomic E-state index is 12.0. The lowest BCUT2D eigenvalue weighted by Crippen LogP contribution is -2.63. The topological polar surface area (TPSA) is 96.1 Å². The molecule has 1 aliphatic rings. The Morgan fingerprint density at radius 2 is 2.11 bits per heavy atom. The van der Waals surface area contributed by atoms with Crippen LogP contribution >= 0.6 is 0 Å². The molecule has 2 N–H and O–H groups in total. The maximum atomic E-state index is 12.0. The molecule has 0 spiro atoms. The van der Waals surface area contributed by atoms with Crippen molar-refractivity contribution in [1.29, 1.82) is 0 Å². The summed E-state index contributed by atoms with van der Waals surface area (Å²) in [5.74, 6) is 1.63. The highest BCUT2D eigenvalue weighted by atomic mass is 16.6. The largest absolute Gasteiger partial charge is 0.444 e. The number of hydrogen-bond donors (Lipinski definition) is 2. The number of carbonyl (C=O) groups excluding carboxylic acids is 1. The van der Waals surface area contributed by atoms with Crippen molar-refractivity contribution in [3.8, 4) is 0 Å². The first kappa shape index (κ1) is 19.9. The van der Waals surface area contributed by atoms with Crippen LogP contribution in [-0.4, -0.2) is 69.4 Å². The molecule has 1 aliphatic heterocycles. The van der Waals surface area contributed by atoms with Crippen molar-refractivity contribution in [3.05, 3.63) is 30.2 Å². The van der Waals surface area contributed by atoms with Gasteiger partial charge in [-0.25, -0.2) is 4.79 Å². The Morgan fingerprint density at radius 3 is 2.82 bits per heavy atom. The number of amides is 1. The molecule has 1 amide bonds. The van der Waals surface area contributed by atoms with E-state index in [4.69, 9.17) is 4.74 Å². The van der Waals surface area contributed by atoms with Gasteiger partial charge in [0, 0.05) is 38.8 Å². The van der Waals surface area contributed by atoms with Crippen molar-refractivity contribution < 1.29 is 9.53 Å². The SMILES string of the molecule is CCNC(=NCCc1nnc2ccccn12)NC1CN(C(=O)OC(C)(C)C)C1. The number of hydrogen-bond acceptors (Lipinski definition) is 5. The number of fused-ring (bicyclic) bond motifs is 1. The smallest absolute Gasteiger partial charge is 0.410 e. The highest BCUT2D eigenvalue weighted by Crippen LogP contribution is 2.15. The number of pyridine rings is 1. The fourth-order valence-electron chi connectivity index (χ4n) is 2.89. The van der Waals surface area contributed by atoms with E-state index in [2.05, 4.69) is 25.8 Å². The predicted molar refractivity (Wildman–Crippen MR) is 107 cm³/mol. The second kappa shape index (κ2) is 8.45. The highest BCUT2D eigenvalue weighted by Gasteiger charge is 2.34. The predicted octanol–water partition coefficient (Wildman–Crippen LogP) is 1.45. The number of nitrogens with zero attached hydrogens (tertiary/aromatic N) is 5. The highest BCUT2D eigenvalue weighted by molar-refractivity contribution is 5.80. The van der Waals surface area contributed by atoms with Crippen LogP contribution < -0.4 is 10.6 Å². The third-order valence-electron chi connectivity index (χ3n) is 4.21. The van der Waals surface area contributed by atoms with E-state index >= 15 is 0 Å². The molecular weight excluding hydrogens is 358 g/mol. The molecule has 9 heteroatoms. The average Bonchev–Trinajstić information content (AvgIpc) is 2.99. The minimum atomic E-state index is -0.474. The van der Waals surface area contributed by atoms with Gasteiger partial charge in [-0.2, -0.15) is 0 Å². The van der Waals surface area contributed by atoms with Gasteiger partial charge in [-0.3, -0.25) is 9.39 Å². The second-order valence-corrected chi connectivity index (χ2v) is 7.78. The average molecular weight is 387 g/mol. The van der Waals surface area contributed by atoms with Crippen molar-refractivity contribution in [2.75, 3.05) is 26.2 Å². The molecule has 0 aliphatic carbocycles. The number of nitrogens with one attached hydrogen (secondary N) is 2. The minimum absolute atomic E-state index is 0.166. The number of likely N-dealkylation sites (tertiary alicyclic amines) is 1. The van der Waals surface area contributed by atoms with Crippen LogP contribution in [0.5, 0.6) is 0 Å². The van der Waals surface area contributed by atoms with Gasteiger partial charge < -0.3 is 20.3 Å². The van der Waals surface area contributed by atoms with E-state index in [9.17, 15) is 4.79 Å². The molecule has 0 saturated carbocycles. The summed E-state index contributed by atoms with van der Waals surface area (Å²) in [6, 6.07) is 6.00. The van der Waals surface area contributed by atoms with Gasteiger partial charge in [0.15, 0.2) is 11.6 Å². The lowest BCUT2D eigenvalue weighted by molar-refractivity contribution is 0.00701. The van der Waals surface area contributed by atoms with Crippen LogP contribution in [0.2, 0.25) is 0 Å².